The first-order chi connectivity index (χ1) is 9.79. The van der Waals surface area contributed by atoms with Crippen molar-refractivity contribution in [3.63, 3.8) is 0 Å². The molecule has 2 aromatic rings. The van der Waals surface area contributed by atoms with E-state index < -0.39 is 21.9 Å². The van der Waals surface area contributed by atoms with Crippen molar-refractivity contribution in [2.45, 2.75) is 17.9 Å². The van der Waals surface area contributed by atoms with Crippen LogP contribution in [0.1, 0.15) is 18.6 Å². The molecule has 0 fully saturated rings. The Balaban J connectivity index is 2.27. The molecule has 7 heteroatoms. The second kappa shape index (κ2) is 6.13. The van der Waals surface area contributed by atoms with Gasteiger partial charge in [-0.2, -0.15) is 0 Å². The van der Waals surface area contributed by atoms with E-state index in [4.69, 9.17) is 0 Å². The highest BCUT2D eigenvalue weighted by molar-refractivity contribution is 9.10. The van der Waals surface area contributed by atoms with E-state index in [0.717, 1.165) is 0 Å². The Morgan fingerprint density at radius 2 is 1.81 bits per heavy atom. The molecule has 2 rings (SSSR count). The standard InChI is InChI=1S/C14H13BrFNO3S/c1-9(18)10-2-5-12(6-3-10)21(19,20)17-11-4-7-14(16)13(15)8-11/h2-9,17-18H,1H3. The van der Waals surface area contributed by atoms with Gasteiger partial charge in [0.15, 0.2) is 0 Å². The molecule has 0 aliphatic rings. The minimum absolute atomic E-state index is 0.0624. The zero-order chi connectivity index (χ0) is 15.6. The van der Waals surface area contributed by atoms with Gasteiger partial charge in [0.05, 0.1) is 21.2 Å². The van der Waals surface area contributed by atoms with Gasteiger partial charge in [-0.25, -0.2) is 12.8 Å². The second-order valence-corrected chi connectivity index (χ2v) is 7.02. The Morgan fingerprint density at radius 3 is 2.33 bits per heavy atom. The zero-order valence-electron chi connectivity index (χ0n) is 11.0. The first-order valence-electron chi connectivity index (χ1n) is 6.05. The highest BCUT2D eigenvalue weighted by Gasteiger charge is 2.15. The lowest BCUT2D eigenvalue weighted by Crippen LogP contribution is -2.13. The normalized spacial score (nSPS) is 13.0. The summed E-state index contributed by atoms with van der Waals surface area (Å²) in [4.78, 5) is 0.0624. The molecule has 0 amide bonds. The Morgan fingerprint density at radius 1 is 1.19 bits per heavy atom. The molecule has 0 aromatic heterocycles. The van der Waals surface area contributed by atoms with Crippen molar-refractivity contribution in [3.05, 3.63) is 58.3 Å². The fourth-order valence-corrected chi connectivity index (χ4v) is 3.13. The predicted octanol–water partition coefficient (Wildman–Crippen LogP) is 3.44. The molecular weight excluding hydrogens is 361 g/mol. The van der Waals surface area contributed by atoms with Crippen LogP contribution in [-0.4, -0.2) is 13.5 Å². The Kier molecular flexibility index (Phi) is 4.65. The lowest BCUT2D eigenvalue weighted by atomic mass is 10.1. The van der Waals surface area contributed by atoms with Crippen LogP contribution in [0.15, 0.2) is 51.8 Å². The summed E-state index contributed by atoms with van der Waals surface area (Å²) in [5.41, 5.74) is 0.876. The van der Waals surface area contributed by atoms with E-state index in [-0.39, 0.29) is 15.1 Å². The summed E-state index contributed by atoms with van der Waals surface area (Å²) in [5, 5.41) is 9.40. The van der Waals surface area contributed by atoms with Crippen molar-refractivity contribution in [3.8, 4) is 0 Å². The zero-order valence-corrected chi connectivity index (χ0v) is 13.4. The van der Waals surface area contributed by atoms with Crippen molar-refractivity contribution >= 4 is 31.6 Å². The summed E-state index contributed by atoms with van der Waals surface area (Å²) in [6, 6.07) is 9.74. The molecule has 1 atom stereocenters. The molecule has 0 aliphatic heterocycles. The van der Waals surface area contributed by atoms with E-state index >= 15 is 0 Å². The van der Waals surface area contributed by atoms with Gasteiger partial charge in [-0.15, -0.1) is 0 Å². The first kappa shape index (κ1) is 15.9. The molecule has 0 bridgehead atoms. The third-order valence-electron chi connectivity index (χ3n) is 2.84. The van der Waals surface area contributed by atoms with Crippen LogP contribution in [0.3, 0.4) is 0 Å². The van der Waals surface area contributed by atoms with Crippen LogP contribution in [-0.2, 0) is 10.0 Å². The summed E-state index contributed by atoms with van der Waals surface area (Å²) < 4.78 is 40.1. The minimum atomic E-state index is -3.76. The van der Waals surface area contributed by atoms with Gasteiger partial charge in [-0.1, -0.05) is 12.1 Å². The predicted molar refractivity (Wildman–Crippen MR) is 82.0 cm³/mol. The maximum absolute atomic E-state index is 13.1. The lowest BCUT2D eigenvalue weighted by Gasteiger charge is -2.10. The van der Waals surface area contributed by atoms with E-state index in [1.807, 2.05) is 0 Å². The average Bonchev–Trinajstić information content (AvgIpc) is 2.43. The molecule has 2 N–H and O–H groups in total. The monoisotopic (exact) mass is 373 g/mol. The van der Waals surface area contributed by atoms with Crippen LogP contribution in [0, 0.1) is 5.82 Å². The van der Waals surface area contributed by atoms with Crippen LogP contribution in [0.5, 0.6) is 0 Å². The van der Waals surface area contributed by atoms with Gasteiger partial charge in [-0.3, -0.25) is 4.72 Å². The number of anilines is 1. The average molecular weight is 374 g/mol. The van der Waals surface area contributed by atoms with E-state index in [1.165, 1.54) is 30.3 Å². The van der Waals surface area contributed by atoms with Gasteiger partial charge < -0.3 is 5.11 Å². The number of aliphatic hydroxyl groups excluding tert-OH is 1. The third-order valence-corrected chi connectivity index (χ3v) is 4.85. The van der Waals surface area contributed by atoms with E-state index in [1.54, 1.807) is 19.1 Å². The number of sulfonamides is 1. The van der Waals surface area contributed by atoms with Crippen molar-refractivity contribution in [2.75, 3.05) is 4.72 Å². The fourth-order valence-electron chi connectivity index (χ4n) is 1.70. The molecule has 21 heavy (non-hydrogen) atoms. The molecule has 0 spiro atoms. The van der Waals surface area contributed by atoms with Crippen molar-refractivity contribution in [1.82, 2.24) is 0 Å². The van der Waals surface area contributed by atoms with Crippen LogP contribution in [0.2, 0.25) is 0 Å². The van der Waals surface area contributed by atoms with Gasteiger partial charge >= 0.3 is 0 Å². The van der Waals surface area contributed by atoms with Gasteiger partial charge in [0.2, 0.25) is 0 Å². The third kappa shape index (κ3) is 3.81. The molecule has 0 radical (unpaired) electrons. The number of benzene rings is 2. The smallest absolute Gasteiger partial charge is 0.261 e. The Bertz CT molecular complexity index is 745. The molecule has 0 saturated heterocycles. The van der Waals surface area contributed by atoms with Crippen LogP contribution in [0.4, 0.5) is 10.1 Å². The largest absolute Gasteiger partial charge is 0.389 e. The lowest BCUT2D eigenvalue weighted by molar-refractivity contribution is 0.199. The maximum Gasteiger partial charge on any atom is 0.261 e. The van der Waals surface area contributed by atoms with Gasteiger partial charge in [0.1, 0.15) is 5.82 Å². The molecule has 2 aromatic carbocycles. The number of hydrogen-bond acceptors (Lipinski definition) is 3. The number of aliphatic hydroxyl groups is 1. The van der Waals surface area contributed by atoms with E-state index in [0.29, 0.717) is 5.56 Å². The van der Waals surface area contributed by atoms with E-state index in [9.17, 15) is 17.9 Å². The number of rotatable bonds is 4. The highest BCUT2D eigenvalue weighted by atomic mass is 79.9. The van der Waals surface area contributed by atoms with Crippen molar-refractivity contribution in [2.24, 2.45) is 0 Å². The highest BCUT2D eigenvalue weighted by Crippen LogP contribution is 2.23. The summed E-state index contributed by atoms with van der Waals surface area (Å²) >= 11 is 3.00. The quantitative estimate of drug-likeness (QED) is 0.862. The molecular formula is C14H13BrFNO3S. The molecule has 112 valence electrons. The fraction of sp³-hybridized carbons (Fsp3) is 0.143. The topological polar surface area (TPSA) is 66.4 Å². The molecule has 0 saturated carbocycles. The van der Waals surface area contributed by atoms with Crippen molar-refractivity contribution < 1.29 is 17.9 Å². The summed E-state index contributed by atoms with van der Waals surface area (Å²) in [5.74, 6) is -0.473. The number of hydrogen-bond donors (Lipinski definition) is 2. The maximum atomic E-state index is 13.1. The van der Waals surface area contributed by atoms with E-state index in [2.05, 4.69) is 20.7 Å². The van der Waals surface area contributed by atoms with Gasteiger partial charge in [0.25, 0.3) is 10.0 Å². The SMILES string of the molecule is CC(O)c1ccc(S(=O)(=O)Nc2ccc(F)c(Br)c2)cc1. The molecule has 4 nitrogen and oxygen atoms in total. The van der Waals surface area contributed by atoms with Crippen LogP contribution in [0.25, 0.3) is 0 Å². The molecule has 0 aliphatic carbocycles. The summed E-state index contributed by atoms with van der Waals surface area (Å²) in [6.45, 7) is 1.60. The molecule has 0 heterocycles. The number of nitrogens with one attached hydrogen (secondary N) is 1. The summed E-state index contributed by atoms with van der Waals surface area (Å²) in [6.07, 6.45) is -0.664. The van der Waals surface area contributed by atoms with Crippen LogP contribution < -0.4 is 4.72 Å². The van der Waals surface area contributed by atoms with Crippen molar-refractivity contribution in [1.29, 1.82) is 0 Å². The summed E-state index contributed by atoms with van der Waals surface area (Å²) in [7, 11) is -3.76. The van der Waals surface area contributed by atoms with Gasteiger partial charge in [-0.05, 0) is 58.7 Å². The van der Waals surface area contributed by atoms with Crippen LogP contribution >= 0.6 is 15.9 Å². The van der Waals surface area contributed by atoms with Gasteiger partial charge in [0, 0.05) is 0 Å². The first-order valence-corrected chi connectivity index (χ1v) is 8.33. The minimum Gasteiger partial charge on any atom is -0.389 e. The Labute approximate surface area is 130 Å². The second-order valence-electron chi connectivity index (χ2n) is 4.48. The molecule has 1 unspecified atom stereocenters. The Hall–Kier alpha value is -1.44. The number of halogens is 2.